The molecule has 0 saturated heterocycles. The fourth-order valence-electron chi connectivity index (χ4n) is 1.35. The lowest BCUT2D eigenvalue weighted by molar-refractivity contribution is -0.120. The third-order valence-electron chi connectivity index (χ3n) is 2.13. The number of hydrogen-bond acceptors (Lipinski definition) is 4. The maximum absolute atomic E-state index is 11.2. The van der Waals surface area contributed by atoms with Crippen LogP contribution in [0.4, 0.5) is 5.69 Å². The molecule has 0 radical (unpaired) electrons. The molecule has 5 nitrogen and oxygen atoms in total. The number of nitrogens with one attached hydrogen (secondary N) is 2. The average molecular weight is 252 g/mol. The molecule has 0 spiro atoms. The van der Waals surface area contributed by atoms with E-state index in [2.05, 4.69) is 15.6 Å². The van der Waals surface area contributed by atoms with Gasteiger partial charge >= 0.3 is 0 Å². The van der Waals surface area contributed by atoms with Crippen LogP contribution in [0.1, 0.15) is 18.9 Å². The Morgan fingerprint density at radius 3 is 3.00 bits per heavy atom. The van der Waals surface area contributed by atoms with E-state index in [-0.39, 0.29) is 5.91 Å². The number of nitrogens with zero attached hydrogens (tertiary/aromatic N) is 1. The number of carbonyl (C=O) groups excluding carboxylic acids is 1. The van der Waals surface area contributed by atoms with Crippen molar-refractivity contribution in [2.75, 3.05) is 18.4 Å². The second-order valence-corrected chi connectivity index (χ2v) is 3.86. The van der Waals surface area contributed by atoms with E-state index in [9.17, 15) is 4.79 Å². The SMILES string of the molecule is CCNC(=O)CCNc1cnccc1C(N)=S. The Bertz CT molecular complexity index is 408. The molecule has 1 heterocycles. The first-order chi connectivity index (χ1) is 8.15. The minimum absolute atomic E-state index is 0.0146. The normalized spacial score (nSPS) is 9.71. The van der Waals surface area contributed by atoms with Crippen molar-refractivity contribution in [2.24, 2.45) is 5.73 Å². The number of anilines is 1. The summed E-state index contributed by atoms with van der Waals surface area (Å²) in [5.74, 6) is 0.0146. The summed E-state index contributed by atoms with van der Waals surface area (Å²) in [7, 11) is 0. The molecule has 0 saturated carbocycles. The molecular formula is C11H16N4OS. The Morgan fingerprint density at radius 2 is 2.35 bits per heavy atom. The summed E-state index contributed by atoms with van der Waals surface area (Å²) < 4.78 is 0. The van der Waals surface area contributed by atoms with Crippen LogP contribution in [0.3, 0.4) is 0 Å². The van der Waals surface area contributed by atoms with Crippen molar-refractivity contribution in [3.8, 4) is 0 Å². The fourth-order valence-corrected chi connectivity index (χ4v) is 1.52. The quantitative estimate of drug-likeness (QED) is 0.648. The van der Waals surface area contributed by atoms with Gasteiger partial charge in [-0.1, -0.05) is 12.2 Å². The first-order valence-electron chi connectivity index (χ1n) is 5.39. The van der Waals surface area contributed by atoms with Crippen LogP contribution >= 0.6 is 12.2 Å². The van der Waals surface area contributed by atoms with Crippen molar-refractivity contribution in [3.05, 3.63) is 24.0 Å². The molecule has 0 aliphatic heterocycles. The average Bonchev–Trinajstić information content (AvgIpc) is 2.30. The highest BCUT2D eigenvalue weighted by Gasteiger charge is 2.05. The molecule has 0 aliphatic carbocycles. The first kappa shape index (κ1) is 13.4. The van der Waals surface area contributed by atoms with Gasteiger partial charge in [-0.3, -0.25) is 9.78 Å². The van der Waals surface area contributed by atoms with Crippen LogP contribution in [0, 0.1) is 0 Å². The highest BCUT2D eigenvalue weighted by atomic mass is 32.1. The number of carbonyl (C=O) groups is 1. The van der Waals surface area contributed by atoms with Gasteiger partial charge in [0.2, 0.25) is 5.91 Å². The molecule has 0 atom stereocenters. The van der Waals surface area contributed by atoms with Gasteiger partial charge < -0.3 is 16.4 Å². The number of aromatic nitrogens is 1. The molecule has 1 aromatic rings. The summed E-state index contributed by atoms with van der Waals surface area (Å²) in [5.41, 5.74) is 7.07. The number of nitrogens with two attached hydrogens (primary N) is 1. The lowest BCUT2D eigenvalue weighted by Crippen LogP contribution is -2.25. The predicted octanol–water partition coefficient (Wildman–Crippen LogP) is 0.654. The minimum Gasteiger partial charge on any atom is -0.389 e. The van der Waals surface area contributed by atoms with Crippen LogP contribution in [0.2, 0.25) is 0 Å². The maximum Gasteiger partial charge on any atom is 0.221 e. The second kappa shape index (κ2) is 6.80. The van der Waals surface area contributed by atoms with Gasteiger partial charge in [0, 0.05) is 31.3 Å². The van der Waals surface area contributed by atoms with E-state index in [1.807, 2.05) is 6.92 Å². The van der Waals surface area contributed by atoms with Gasteiger partial charge in [-0.2, -0.15) is 0 Å². The summed E-state index contributed by atoms with van der Waals surface area (Å²) in [6, 6.07) is 1.75. The van der Waals surface area contributed by atoms with Crippen LogP contribution in [0.5, 0.6) is 0 Å². The first-order valence-corrected chi connectivity index (χ1v) is 5.80. The van der Waals surface area contributed by atoms with Crippen molar-refractivity contribution in [2.45, 2.75) is 13.3 Å². The van der Waals surface area contributed by atoms with Crippen molar-refractivity contribution < 1.29 is 4.79 Å². The summed E-state index contributed by atoms with van der Waals surface area (Å²) in [6.45, 7) is 3.05. The molecule has 1 aromatic heterocycles. The van der Waals surface area contributed by atoms with Gasteiger partial charge in [-0.05, 0) is 13.0 Å². The fraction of sp³-hybridized carbons (Fsp3) is 0.364. The lowest BCUT2D eigenvalue weighted by Gasteiger charge is -2.10. The second-order valence-electron chi connectivity index (χ2n) is 3.42. The van der Waals surface area contributed by atoms with E-state index < -0.39 is 0 Å². The molecule has 1 rings (SSSR count). The zero-order chi connectivity index (χ0) is 12.7. The van der Waals surface area contributed by atoms with Gasteiger partial charge in [0.25, 0.3) is 0 Å². The zero-order valence-corrected chi connectivity index (χ0v) is 10.5. The third kappa shape index (κ3) is 4.36. The number of pyridine rings is 1. The molecule has 0 bridgehead atoms. The van der Waals surface area contributed by atoms with Crippen molar-refractivity contribution in [1.82, 2.24) is 10.3 Å². The highest BCUT2D eigenvalue weighted by molar-refractivity contribution is 7.80. The monoisotopic (exact) mass is 252 g/mol. The molecular weight excluding hydrogens is 236 g/mol. The van der Waals surface area contributed by atoms with Gasteiger partial charge in [0.05, 0.1) is 11.9 Å². The van der Waals surface area contributed by atoms with E-state index in [1.165, 1.54) is 0 Å². The highest BCUT2D eigenvalue weighted by Crippen LogP contribution is 2.12. The van der Waals surface area contributed by atoms with Gasteiger partial charge in [-0.25, -0.2) is 0 Å². The Kier molecular flexibility index (Phi) is 5.35. The van der Waals surface area contributed by atoms with E-state index in [1.54, 1.807) is 18.5 Å². The summed E-state index contributed by atoms with van der Waals surface area (Å²) in [6.07, 6.45) is 3.68. The smallest absolute Gasteiger partial charge is 0.221 e. The third-order valence-corrected chi connectivity index (χ3v) is 2.35. The topological polar surface area (TPSA) is 80.0 Å². The van der Waals surface area contributed by atoms with E-state index in [4.69, 9.17) is 18.0 Å². The molecule has 17 heavy (non-hydrogen) atoms. The Balaban J connectivity index is 2.52. The molecule has 0 unspecified atom stereocenters. The van der Waals surface area contributed by atoms with Gasteiger partial charge in [0.15, 0.2) is 0 Å². The van der Waals surface area contributed by atoms with Crippen LogP contribution in [0.25, 0.3) is 0 Å². The largest absolute Gasteiger partial charge is 0.389 e. The summed E-state index contributed by atoms with van der Waals surface area (Å²) in [4.78, 5) is 15.5. The number of hydrogen-bond donors (Lipinski definition) is 3. The van der Waals surface area contributed by atoms with E-state index in [0.717, 1.165) is 11.3 Å². The maximum atomic E-state index is 11.2. The molecule has 0 aliphatic rings. The van der Waals surface area contributed by atoms with Crippen molar-refractivity contribution >= 4 is 28.8 Å². The summed E-state index contributed by atoms with van der Waals surface area (Å²) >= 11 is 4.92. The van der Waals surface area contributed by atoms with Crippen LogP contribution < -0.4 is 16.4 Å². The zero-order valence-electron chi connectivity index (χ0n) is 9.69. The Morgan fingerprint density at radius 1 is 1.59 bits per heavy atom. The van der Waals surface area contributed by atoms with Crippen LogP contribution in [-0.4, -0.2) is 29.0 Å². The van der Waals surface area contributed by atoms with Crippen LogP contribution in [0.15, 0.2) is 18.5 Å². The van der Waals surface area contributed by atoms with Crippen molar-refractivity contribution in [3.63, 3.8) is 0 Å². The van der Waals surface area contributed by atoms with Crippen molar-refractivity contribution in [1.29, 1.82) is 0 Å². The Labute approximate surface area is 106 Å². The number of rotatable bonds is 6. The minimum atomic E-state index is 0.0146. The lowest BCUT2D eigenvalue weighted by atomic mass is 10.2. The van der Waals surface area contributed by atoms with E-state index in [0.29, 0.717) is 24.5 Å². The molecule has 6 heteroatoms. The molecule has 92 valence electrons. The molecule has 4 N–H and O–H groups in total. The molecule has 0 aromatic carbocycles. The van der Waals surface area contributed by atoms with E-state index >= 15 is 0 Å². The Hall–Kier alpha value is -1.69. The number of amides is 1. The predicted molar refractivity (Wildman–Crippen MR) is 71.9 cm³/mol. The summed E-state index contributed by atoms with van der Waals surface area (Å²) in [5, 5.41) is 5.82. The molecule has 0 fully saturated rings. The van der Waals surface area contributed by atoms with Crippen LogP contribution in [-0.2, 0) is 4.79 Å². The van der Waals surface area contributed by atoms with Gasteiger partial charge in [-0.15, -0.1) is 0 Å². The number of thiocarbonyl (C=S) groups is 1. The molecule has 1 amide bonds. The standard InChI is InChI=1S/C11H16N4OS/c1-2-14-10(16)4-6-15-9-7-13-5-3-8(9)11(12)17/h3,5,7,15H,2,4,6H2,1H3,(H2,12,17)(H,14,16). The van der Waals surface area contributed by atoms with Gasteiger partial charge in [0.1, 0.15) is 4.99 Å².